The van der Waals surface area contributed by atoms with Gasteiger partial charge >= 0.3 is 0 Å². The van der Waals surface area contributed by atoms with E-state index in [-0.39, 0.29) is 24.2 Å². The van der Waals surface area contributed by atoms with Crippen LogP contribution in [0.2, 0.25) is 0 Å². The fourth-order valence-corrected chi connectivity index (χ4v) is 2.58. The van der Waals surface area contributed by atoms with Gasteiger partial charge in [0.25, 0.3) is 0 Å². The number of anilines is 1. The molecule has 1 aliphatic heterocycles. The van der Waals surface area contributed by atoms with Crippen LogP contribution < -0.4 is 9.64 Å². The fourth-order valence-electron chi connectivity index (χ4n) is 2.58. The first-order valence-electron chi connectivity index (χ1n) is 6.76. The minimum Gasteiger partial charge on any atom is -0.497 e. The van der Waals surface area contributed by atoms with Crippen molar-refractivity contribution in [2.75, 3.05) is 12.0 Å². The molecule has 4 heteroatoms. The van der Waals surface area contributed by atoms with Crippen molar-refractivity contribution < 1.29 is 14.3 Å². The molecule has 3 rings (SSSR count). The second-order valence-corrected chi connectivity index (χ2v) is 4.93. The van der Waals surface area contributed by atoms with Gasteiger partial charge in [0.1, 0.15) is 5.75 Å². The van der Waals surface area contributed by atoms with E-state index in [0.29, 0.717) is 11.4 Å². The quantitative estimate of drug-likeness (QED) is 0.813. The SMILES string of the molecule is COc1ccc(N2C(=O)C[C@@H](c3ccccc3)C2=O)cc1. The molecule has 0 aromatic heterocycles. The summed E-state index contributed by atoms with van der Waals surface area (Å²) in [6, 6.07) is 16.3. The molecule has 1 atom stereocenters. The molecular formula is C17H15NO3. The van der Waals surface area contributed by atoms with Crippen molar-refractivity contribution in [2.24, 2.45) is 0 Å². The first kappa shape index (κ1) is 13.4. The van der Waals surface area contributed by atoms with E-state index in [9.17, 15) is 9.59 Å². The Morgan fingerprint density at radius 3 is 2.29 bits per heavy atom. The summed E-state index contributed by atoms with van der Waals surface area (Å²) in [5, 5.41) is 0. The second-order valence-electron chi connectivity index (χ2n) is 4.93. The van der Waals surface area contributed by atoms with Crippen LogP contribution in [0.1, 0.15) is 17.9 Å². The van der Waals surface area contributed by atoms with Crippen molar-refractivity contribution in [1.82, 2.24) is 0 Å². The van der Waals surface area contributed by atoms with E-state index in [2.05, 4.69) is 0 Å². The van der Waals surface area contributed by atoms with E-state index in [1.165, 1.54) is 4.90 Å². The number of rotatable bonds is 3. The maximum Gasteiger partial charge on any atom is 0.241 e. The number of methoxy groups -OCH3 is 1. The van der Waals surface area contributed by atoms with E-state index in [1.54, 1.807) is 31.4 Å². The Morgan fingerprint density at radius 2 is 1.67 bits per heavy atom. The van der Waals surface area contributed by atoms with Crippen LogP contribution >= 0.6 is 0 Å². The van der Waals surface area contributed by atoms with E-state index in [1.807, 2.05) is 30.3 Å². The molecular weight excluding hydrogens is 266 g/mol. The zero-order valence-electron chi connectivity index (χ0n) is 11.7. The van der Waals surface area contributed by atoms with Crippen molar-refractivity contribution in [3.63, 3.8) is 0 Å². The average Bonchev–Trinajstić information content (AvgIpc) is 2.83. The monoisotopic (exact) mass is 281 g/mol. The maximum atomic E-state index is 12.5. The van der Waals surface area contributed by atoms with Crippen LogP contribution in [-0.4, -0.2) is 18.9 Å². The Bertz CT molecular complexity index is 664. The summed E-state index contributed by atoms with van der Waals surface area (Å²) >= 11 is 0. The number of carbonyl (C=O) groups excluding carboxylic acids is 2. The third-order valence-corrected chi connectivity index (χ3v) is 3.68. The molecule has 0 saturated carbocycles. The number of hydrogen-bond acceptors (Lipinski definition) is 3. The van der Waals surface area contributed by atoms with Crippen molar-refractivity contribution in [3.8, 4) is 5.75 Å². The zero-order chi connectivity index (χ0) is 14.8. The lowest BCUT2D eigenvalue weighted by molar-refractivity contribution is -0.121. The van der Waals surface area contributed by atoms with Crippen molar-refractivity contribution in [1.29, 1.82) is 0 Å². The van der Waals surface area contributed by atoms with Gasteiger partial charge in [-0.25, -0.2) is 0 Å². The largest absolute Gasteiger partial charge is 0.497 e. The zero-order valence-corrected chi connectivity index (χ0v) is 11.7. The van der Waals surface area contributed by atoms with E-state index in [4.69, 9.17) is 4.74 Å². The number of hydrogen-bond donors (Lipinski definition) is 0. The molecule has 2 aromatic carbocycles. The lowest BCUT2D eigenvalue weighted by atomic mass is 9.98. The third kappa shape index (κ3) is 2.40. The Kier molecular flexibility index (Phi) is 3.44. The molecule has 1 heterocycles. The summed E-state index contributed by atoms with van der Waals surface area (Å²) < 4.78 is 5.09. The summed E-state index contributed by atoms with van der Waals surface area (Å²) in [7, 11) is 1.58. The number of nitrogens with zero attached hydrogens (tertiary/aromatic N) is 1. The van der Waals surface area contributed by atoms with Gasteiger partial charge in [0.05, 0.1) is 18.7 Å². The van der Waals surface area contributed by atoms with Crippen LogP contribution in [0.25, 0.3) is 0 Å². The second kappa shape index (κ2) is 5.40. The molecule has 0 bridgehead atoms. The number of carbonyl (C=O) groups is 2. The van der Waals surface area contributed by atoms with Gasteiger partial charge in [-0.15, -0.1) is 0 Å². The number of amides is 2. The Labute approximate surface area is 123 Å². The first-order chi connectivity index (χ1) is 10.2. The summed E-state index contributed by atoms with van der Waals surface area (Å²) in [4.78, 5) is 26.0. The van der Waals surface area contributed by atoms with Gasteiger partial charge in [0, 0.05) is 6.42 Å². The van der Waals surface area contributed by atoms with Gasteiger partial charge in [-0.2, -0.15) is 0 Å². The highest BCUT2D eigenvalue weighted by Gasteiger charge is 2.40. The van der Waals surface area contributed by atoms with Crippen LogP contribution in [0.4, 0.5) is 5.69 Å². The molecule has 2 amide bonds. The summed E-state index contributed by atoms with van der Waals surface area (Å²) in [5.41, 5.74) is 1.47. The Balaban J connectivity index is 1.90. The van der Waals surface area contributed by atoms with Crippen LogP contribution in [0.15, 0.2) is 54.6 Å². The molecule has 0 N–H and O–H groups in total. The molecule has 1 saturated heterocycles. The number of benzene rings is 2. The molecule has 0 spiro atoms. The fraction of sp³-hybridized carbons (Fsp3) is 0.176. The van der Waals surface area contributed by atoms with E-state index < -0.39 is 0 Å². The molecule has 106 valence electrons. The van der Waals surface area contributed by atoms with Crippen LogP contribution in [0, 0.1) is 0 Å². The third-order valence-electron chi connectivity index (χ3n) is 3.68. The molecule has 0 unspecified atom stereocenters. The number of imide groups is 1. The van der Waals surface area contributed by atoms with Crippen LogP contribution in [0.3, 0.4) is 0 Å². The van der Waals surface area contributed by atoms with Crippen molar-refractivity contribution >= 4 is 17.5 Å². The smallest absolute Gasteiger partial charge is 0.241 e. The Hall–Kier alpha value is -2.62. The molecule has 4 nitrogen and oxygen atoms in total. The summed E-state index contributed by atoms with van der Waals surface area (Å²) in [5.74, 6) is -0.0337. The van der Waals surface area contributed by atoms with Crippen molar-refractivity contribution in [2.45, 2.75) is 12.3 Å². The highest BCUT2D eigenvalue weighted by molar-refractivity contribution is 6.22. The number of ether oxygens (including phenoxy) is 1. The standard InChI is InChI=1S/C17H15NO3/c1-21-14-9-7-13(8-10-14)18-16(19)11-15(17(18)20)12-5-3-2-4-6-12/h2-10,15H,11H2,1H3/t15-/m0/s1. The van der Waals surface area contributed by atoms with Crippen molar-refractivity contribution in [3.05, 3.63) is 60.2 Å². The minimum atomic E-state index is -0.388. The summed E-state index contributed by atoms with van der Waals surface area (Å²) in [6.45, 7) is 0. The lowest BCUT2D eigenvalue weighted by Crippen LogP contribution is -2.29. The van der Waals surface area contributed by atoms with Gasteiger partial charge in [-0.05, 0) is 29.8 Å². The van der Waals surface area contributed by atoms with Gasteiger partial charge < -0.3 is 4.74 Å². The predicted octanol–water partition coefficient (Wildman–Crippen LogP) is 2.74. The normalized spacial score (nSPS) is 18.1. The van der Waals surface area contributed by atoms with Gasteiger partial charge in [0.15, 0.2) is 0 Å². The van der Waals surface area contributed by atoms with Gasteiger partial charge in [-0.1, -0.05) is 30.3 Å². The lowest BCUT2D eigenvalue weighted by Gasteiger charge is -2.15. The maximum absolute atomic E-state index is 12.5. The summed E-state index contributed by atoms with van der Waals surface area (Å²) in [6.07, 6.45) is 0.217. The van der Waals surface area contributed by atoms with Gasteiger partial charge in [0.2, 0.25) is 11.8 Å². The molecule has 0 radical (unpaired) electrons. The van der Waals surface area contributed by atoms with Crippen LogP contribution in [-0.2, 0) is 9.59 Å². The molecule has 2 aromatic rings. The average molecular weight is 281 g/mol. The molecule has 0 aliphatic carbocycles. The first-order valence-corrected chi connectivity index (χ1v) is 6.76. The van der Waals surface area contributed by atoms with Crippen LogP contribution in [0.5, 0.6) is 5.75 Å². The van der Waals surface area contributed by atoms with Gasteiger partial charge in [-0.3, -0.25) is 14.5 Å². The Morgan fingerprint density at radius 1 is 1.00 bits per heavy atom. The highest BCUT2D eigenvalue weighted by Crippen LogP contribution is 2.33. The predicted molar refractivity (Wildman–Crippen MR) is 79.3 cm³/mol. The van der Waals surface area contributed by atoms with E-state index >= 15 is 0 Å². The van der Waals surface area contributed by atoms with E-state index in [0.717, 1.165) is 5.56 Å². The molecule has 21 heavy (non-hydrogen) atoms. The molecule has 1 fully saturated rings. The minimum absolute atomic E-state index is 0.168. The highest BCUT2D eigenvalue weighted by atomic mass is 16.5. The topological polar surface area (TPSA) is 46.6 Å². The molecule has 1 aliphatic rings.